The maximum Gasteiger partial charge on any atom is 0.235 e. The molecule has 0 radical (unpaired) electrons. The molecular formula is C13H25N3OS. The van der Waals surface area contributed by atoms with E-state index in [1.54, 1.807) is 0 Å². The molecule has 2 N–H and O–H groups in total. The number of nitrogens with zero attached hydrogens (tertiary/aromatic N) is 2. The summed E-state index contributed by atoms with van der Waals surface area (Å²) in [5, 5.41) is 0. The van der Waals surface area contributed by atoms with Crippen LogP contribution in [0.2, 0.25) is 0 Å². The molecule has 0 aromatic rings. The predicted octanol–water partition coefficient (Wildman–Crippen LogP) is 1.24. The summed E-state index contributed by atoms with van der Waals surface area (Å²) in [6.45, 7) is 10.6. The van der Waals surface area contributed by atoms with Crippen molar-refractivity contribution in [2.24, 2.45) is 11.1 Å². The molecule has 1 amide bonds. The third-order valence-corrected chi connectivity index (χ3v) is 4.37. The Morgan fingerprint density at radius 2 is 1.83 bits per heavy atom. The van der Waals surface area contributed by atoms with Crippen molar-refractivity contribution in [2.75, 3.05) is 32.7 Å². The van der Waals surface area contributed by atoms with E-state index in [4.69, 9.17) is 18.0 Å². The Balaban J connectivity index is 2.62. The standard InChI is InChI=1S/C13H25N3OS/c1-4-6-15-7-9-16(10-8-15)12(17)13(3,5-2)11(14)18/h4-10H2,1-3H3,(H2,14,18). The minimum atomic E-state index is -0.678. The molecule has 0 aliphatic carbocycles. The topological polar surface area (TPSA) is 49.6 Å². The van der Waals surface area contributed by atoms with Crippen molar-refractivity contribution >= 4 is 23.1 Å². The summed E-state index contributed by atoms with van der Waals surface area (Å²) in [5.41, 5.74) is 5.06. The molecule has 1 saturated heterocycles. The average Bonchev–Trinajstić information content (AvgIpc) is 2.38. The molecule has 1 rings (SSSR count). The molecule has 1 unspecified atom stereocenters. The molecule has 0 aromatic carbocycles. The van der Waals surface area contributed by atoms with Gasteiger partial charge in [0.25, 0.3) is 0 Å². The SMILES string of the molecule is CCCN1CCN(C(=O)C(C)(CC)C(N)=S)CC1. The van der Waals surface area contributed by atoms with Crippen molar-refractivity contribution in [3.63, 3.8) is 0 Å². The van der Waals surface area contributed by atoms with Crippen LogP contribution >= 0.6 is 12.2 Å². The molecular weight excluding hydrogens is 246 g/mol. The number of carbonyl (C=O) groups excluding carboxylic acids is 1. The van der Waals surface area contributed by atoms with Gasteiger partial charge in [0.15, 0.2) is 0 Å². The lowest BCUT2D eigenvalue weighted by Crippen LogP contribution is -2.55. The number of amides is 1. The van der Waals surface area contributed by atoms with Gasteiger partial charge in [-0.05, 0) is 26.3 Å². The first-order chi connectivity index (χ1) is 8.45. The fraction of sp³-hybridized carbons (Fsp3) is 0.846. The van der Waals surface area contributed by atoms with E-state index in [0.29, 0.717) is 11.4 Å². The lowest BCUT2D eigenvalue weighted by Gasteiger charge is -2.39. The molecule has 0 spiro atoms. The molecule has 104 valence electrons. The van der Waals surface area contributed by atoms with Crippen molar-refractivity contribution in [3.05, 3.63) is 0 Å². The summed E-state index contributed by atoms with van der Waals surface area (Å²) in [5.74, 6) is 0.0913. The number of thiocarbonyl (C=S) groups is 1. The number of rotatable bonds is 5. The second-order valence-corrected chi connectivity index (χ2v) is 5.62. The summed E-state index contributed by atoms with van der Waals surface area (Å²) in [6.07, 6.45) is 1.82. The quantitative estimate of drug-likeness (QED) is 0.765. The zero-order valence-electron chi connectivity index (χ0n) is 11.7. The third-order valence-electron chi connectivity index (χ3n) is 3.92. The molecule has 18 heavy (non-hydrogen) atoms. The van der Waals surface area contributed by atoms with Gasteiger partial charge >= 0.3 is 0 Å². The summed E-state index contributed by atoms with van der Waals surface area (Å²) < 4.78 is 0. The van der Waals surface area contributed by atoms with Gasteiger partial charge in [-0.1, -0.05) is 26.1 Å². The highest BCUT2D eigenvalue weighted by atomic mass is 32.1. The first kappa shape index (κ1) is 15.4. The molecule has 1 aliphatic rings. The van der Waals surface area contributed by atoms with Crippen LogP contribution in [0.15, 0.2) is 0 Å². The van der Waals surface area contributed by atoms with Gasteiger partial charge in [-0.2, -0.15) is 0 Å². The Bertz CT molecular complexity index is 313. The Morgan fingerprint density at radius 3 is 2.22 bits per heavy atom. The summed E-state index contributed by atoms with van der Waals surface area (Å²) >= 11 is 5.06. The zero-order valence-corrected chi connectivity index (χ0v) is 12.6. The minimum absolute atomic E-state index is 0.0913. The highest BCUT2D eigenvalue weighted by molar-refractivity contribution is 7.80. The lowest BCUT2D eigenvalue weighted by molar-refractivity contribution is -0.139. The summed E-state index contributed by atoms with van der Waals surface area (Å²) in [4.78, 5) is 17.1. The van der Waals surface area contributed by atoms with E-state index in [-0.39, 0.29) is 5.91 Å². The number of piperazine rings is 1. The lowest BCUT2D eigenvalue weighted by atomic mass is 9.85. The number of hydrogen-bond donors (Lipinski definition) is 1. The predicted molar refractivity (Wildman–Crippen MR) is 78.5 cm³/mol. The zero-order chi connectivity index (χ0) is 13.8. The van der Waals surface area contributed by atoms with Crippen LogP contribution in [0, 0.1) is 5.41 Å². The van der Waals surface area contributed by atoms with Crippen LogP contribution < -0.4 is 5.73 Å². The first-order valence-corrected chi connectivity index (χ1v) is 7.18. The Morgan fingerprint density at radius 1 is 1.28 bits per heavy atom. The van der Waals surface area contributed by atoms with Gasteiger partial charge in [-0.25, -0.2) is 0 Å². The van der Waals surface area contributed by atoms with Crippen molar-refractivity contribution in [1.82, 2.24) is 9.80 Å². The Hall–Kier alpha value is -0.680. The van der Waals surface area contributed by atoms with Crippen molar-refractivity contribution in [2.45, 2.75) is 33.6 Å². The van der Waals surface area contributed by atoms with Gasteiger partial charge in [0.05, 0.1) is 10.4 Å². The van der Waals surface area contributed by atoms with E-state index in [1.165, 1.54) is 0 Å². The minimum Gasteiger partial charge on any atom is -0.392 e. The fourth-order valence-electron chi connectivity index (χ4n) is 2.27. The number of carbonyl (C=O) groups is 1. The van der Waals surface area contributed by atoms with Crippen LogP contribution in [0.5, 0.6) is 0 Å². The van der Waals surface area contributed by atoms with Crippen molar-refractivity contribution in [3.8, 4) is 0 Å². The maximum atomic E-state index is 12.5. The molecule has 0 bridgehead atoms. The van der Waals surface area contributed by atoms with E-state index in [9.17, 15) is 4.79 Å². The first-order valence-electron chi connectivity index (χ1n) is 6.77. The van der Waals surface area contributed by atoms with Gasteiger partial charge in [0.2, 0.25) is 5.91 Å². The second-order valence-electron chi connectivity index (χ2n) is 5.18. The smallest absolute Gasteiger partial charge is 0.235 e. The maximum absolute atomic E-state index is 12.5. The molecule has 1 atom stereocenters. The highest BCUT2D eigenvalue weighted by Gasteiger charge is 2.38. The van der Waals surface area contributed by atoms with Crippen molar-refractivity contribution in [1.29, 1.82) is 0 Å². The molecule has 1 fully saturated rings. The van der Waals surface area contributed by atoms with E-state index in [2.05, 4.69) is 11.8 Å². The molecule has 1 heterocycles. The van der Waals surface area contributed by atoms with Gasteiger partial charge in [0.1, 0.15) is 0 Å². The van der Waals surface area contributed by atoms with E-state index >= 15 is 0 Å². The van der Waals surface area contributed by atoms with Crippen LogP contribution in [-0.4, -0.2) is 53.4 Å². The largest absolute Gasteiger partial charge is 0.392 e. The molecule has 1 aliphatic heterocycles. The van der Waals surface area contributed by atoms with Crippen molar-refractivity contribution < 1.29 is 4.79 Å². The monoisotopic (exact) mass is 271 g/mol. The van der Waals surface area contributed by atoms with Crippen LogP contribution in [-0.2, 0) is 4.79 Å². The van der Waals surface area contributed by atoms with Crippen LogP contribution in [0.25, 0.3) is 0 Å². The molecule has 0 aromatic heterocycles. The normalized spacial score (nSPS) is 20.5. The third kappa shape index (κ3) is 3.20. The number of hydrogen-bond acceptors (Lipinski definition) is 3. The summed E-state index contributed by atoms with van der Waals surface area (Å²) in [6, 6.07) is 0. The van der Waals surface area contributed by atoms with Gasteiger partial charge in [-0.15, -0.1) is 0 Å². The van der Waals surface area contributed by atoms with Crippen LogP contribution in [0.3, 0.4) is 0 Å². The van der Waals surface area contributed by atoms with E-state index in [0.717, 1.165) is 39.1 Å². The van der Waals surface area contributed by atoms with Gasteiger partial charge in [0, 0.05) is 26.2 Å². The Labute approximate surface area is 115 Å². The van der Waals surface area contributed by atoms with Crippen LogP contribution in [0.1, 0.15) is 33.6 Å². The van der Waals surface area contributed by atoms with Gasteiger partial charge in [-0.3, -0.25) is 9.69 Å². The highest BCUT2D eigenvalue weighted by Crippen LogP contribution is 2.25. The summed E-state index contributed by atoms with van der Waals surface area (Å²) in [7, 11) is 0. The number of nitrogens with two attached hydrogens (primary N) is 1. The van der Waals surface area contributed by atoms with Crippen LogP contribution in [0.4, 0.5) is 0 Å². The molecule has 4 nitrogen and oxygen atoms in total. The fourth-order valence-corrected chi connectivity index (χ4v) is 2.50. The average molecular weight is 271 g/mol. The van der Waals surface area contributed by atoms with E-state index < -0.39 is 5.41 Å². The Kier molecular flexibility index (Phi) is 5.53. The molecule has 5 heteroatoms. The van der Waals surface area contributed by atoms with E-state index in [1.807, 2.05) is 18.7 Å². The second kappa shape index (κ2) is 6.48. The molecule has 0 saturated carbocycles. The van der Waals surface area contributed by atoms with Gasteiger partial charge < -0.3 is 10.6 Å².